The van der Waals surface area contributed by atoms with E-state index in [1.165, 1.54) is 21.9 Å². The van der Waals surface area contributed by atoms with Crippen molar-refractivity contribution in [1.82, 2.24) is 14.6 Å². The largest absolute Gasteiger partial charge is 0.380 e. The van der Waals surface area contributed by atoms with Crippen LogP contribution in [0.4, 0.5) is 15.2 Å². The summed E-state index contributed by atoms with van der Waals surface area (Å²) in [7, 11) is 0. The highest BCUT2D eigenvalue weighted by Crippen LogP contribution is 2.26. The minimum Gasteiger partial charge on any atom is -0.380 e. The second-order valence-electron chi connectivity index (χ2n) is 6.40. The molecule has 1 N–H and O–H groups in total. The Morgan fingerprint density at radius 3 is 2.81 bits per heavy atom. The van der Waals surface area contributed by atoms with Gasteiger partial charge in [-0.15, -0.1) is 5.10 Å². The molecular weight excluding hydrogens is 353 g/mol. The fraction of sp³-hybridized carbons (Fsp3) is 0.389. The lowest BCUT2D eigenvalue weighted by Gasteiger charge is -2.32. The second-order valence-corrected chi connectivity index (χ2v) is 7.34. The van der Waals surface area contributed by atoms with Crippen molar-refractivity contribution in [3.8, 4) is 0 Å². The van der Waals surface area contributed by atoms with Crippen molar-refractivity contribution >= 4 is 27.1 Å². The molecular formula is C18H20FN5OS. The Morgan fingerprint density at radius 1 is 1.31 bits per heavy atom. The summed E-state index contributed by atoms with van der Waals surface area (Å²) in [5.74, 6) is -0.224. The molecule has 0 spiro atoms. The Kier molecular flexibility index (Phi) is 4.58. The average Bonchev–Trinajstić information content (AvgIpc) is 3.09. The van der Waals surface area contributed by atoms with Gasteiger partial charge in [-0.1, -0.05) is 30.4 Å². The predicted octanol–water partition coefficient (Wildman–Crippen LogP) is 2.93. The highest BCUT2D eigenvalue weighted by atomic mass is 32.1. The first kappa shape index (κ1) is 17.0. The number of aromatic nitrogens is 3. The van der Waals surface area contributed by atoms with E-state index in [1.54, 1.807) is 18.2 Å². The zero-order valence-corrected chi connectivity index (χ0v) is 15.3. The van der Waals surface area contributed by atoms with Gasteiger partial charge < -0.3 is 10.2 Å². The van der Waals surface area contributed by atoms with Gasteiger partial charge in [-0.05, 0) is 31.4 Å². The van der Waals surface area contributed by atoms with E-state index in [0.29, 0.717) is 10.6 Å². The van der Waals surface area contributed by atoms with Gasteiger partial charge in [-0.2, -0.15) is 4.52 Å². The van der Waals surface area contributed by atoms with Gasteiger partial charge in [0, 0.05) is 30.9 Å². The summed E-state index contributed by atoms with van der Waals surface area (Å²) >= 11 is 1.44. The van der Waals surface area contributed by atoms with Crippen LogP contribution < -0.4 is 15.8 Å². The summed E-state index contributed by atoms with van der Waals surface area (Å²) in [6.07, 6.45) is 2.49. The van der Waals surface area contributed by atoms with E-state index in [-0.39, 0.29) is 17.4 Å². The molecule has 6 nitrogen and oxygen atoms in total. The number of fused-ring (bicyclic) bond motifs is 1. The summed E-state index contributed by atoms with van der Waals surface area (Å²) in [6, 6.07) is 8.52. The van der Waals surface area contributed by atoms with Gasteiger partial charge in [0.15, 0.2) is 0 Å². The van der Waals surface area contributed by atoms with E-state index in [9.17, 15) is 9.18 Å². The van der Waals surface area contributed by atoms with Crippen molar-refractivity contribution < 1.29 is 4.39 Å². The standard InChI is InChI=1S/C18H20FN5OS/c1-2-12-11-16(25)24-17(21-12)26-18(22-24)23-9-7-13(8-10-23)20-15-6-4-3-5-14(15)19/h3-6,11,13,20H,2,7-10H2,1H3. The van der Waals surface area contributed by atoms with Gasteiger partial charge in [0.05, 0.1) is 5.69 Å². The quantitative estimate of drug-likeness (QED) is 0.762. The Bertz CT molecular complexity index is 977. The number of piperidine rings is 1. The SMILES string of the molecule is CCc1cc(=O)n2nc(N3CCC(Nc4ccccc4F)CC3)sc2n1. The molecule has 1 aliphatic rings. The lowest BCUT2D eigenvalue weighted by molar-refractivity contribution is 0.520. The Balaban J connectivity index is 1.46. The molecule has 1 fully saturated rings. The van der Waals surface area contributed by atoms with Crippen molar-refractivity contribution in [3.63, 3.8) is 0 Å². The number of halogens is 1. The first-order valence-corrected chi connectivity index (χ1v) is 9.61. The normalized spacial score (nSPS) is 15.5. The molecule has 0 saturated carbocycles. The fourth-order valence-electron chi connectivity index (χ4n) is 3.17. The number of benzene rings is 1. The third-order valence-corrected chi connectivity index (χ3v) is 5.62. The molecule has 0 aliphatic carbocycles. The van der Waals surface area contributed by atoms with Crippen LogP contribution in [0.3, 0.4) is 0 Å². The summed E-state index contributed by atoms with van der Waals surface area (Å²) in [5.41, 5.74) is 1.21. The van der Waals surface area contributed by atoms with Crippen molar-refractivity contribution in [3.05, 3.63) is 52.2 Å². The van der Waals surface area contributed by atoms with Crippen LogP contribution in [0.25, 0.3) is 4.96 Å². The minimum atomic E-state index is -0.224. The van der Waals surface area contributed by atoms with Crippen LogP contribution >= 0.6 is 11.3 Å². The lowest BCUT2D eigenvalue weighted by Crippen LogP contribution is -2.39. The van der Waals surface area contributed by atoms with Gasteiger partial charge in [-0.25, -0.2) is 9.37 Å². The highest BCUT2D eigenvalue weighted by Gasteiger charge is 2.23. The fourth-order valence-corrected chi connectivity index (χ4v) is 4.15. The maximum absolute atomic E-state index is 13.8. The van der Waals surface area contributed by atoms with E-state index in [1.807, 2.05) is 13.0 Å². The van der Waals surface area contributed by atoms with Gasteiger partial charge in [0.2, 0.25) is 10.1 Å². The number of rotatable bonds is 4. The van der Waals surface area contributed by atoms with E-state index < -0.39 is 0 Å². The average molecular weight is 373 g/mol. The molecule has 0 bridgehead atoms. The summed E-state index contributed by atoms with van der Waals surface area (Å²) in [5, 5.41) is 8.54. The third-order valence-electron chi connectivity index (χ3n) is 4.65. The maximum atomic E-state index is 13.8. The molecule has 1 aliphatic heterocycles. The molecule has 0 amide bonds. The zero-order valence-electron chi connectivity index (χ0n) is 14.5. The van der Waals surface area contributed by atoms with E-state index >= 15 is 0 Å². The molecule has 136 valence electrons. The first-order chi connectivity index (χ1) is 12.6. The molecule has 8 heteroatoms. The van der Waals surface area contributed by atoms with Gasteiger partial charge in [0.25, 0.3) is 5.56 Å². The zero-order chi connectivity index (χ0) is 18.1. The van der Waals surface area contributed by atoms with Gasteiger partial charge in [-0.3, -0.25) is 4.79 Å². The van der Waals surface area contributed by atoms with Crippen LogP contribution in [-0.2, 0) is 6.42 Å². The predicted molar refractivity (Wildman–Crippen MR) is 102 cm³/mol. The topological polar surface area (TPSA) is 62.5 Å². The Hall–Kier alpha value is -2.48. The van der Waals surface area contributed by atoms with Crippen molar-refractivity contribution in [2.75, 3.05) is 23.3 Å². The third kappa shape index (κ3) is 3.29. The van der Waals surface area contributed by atoms with Crippen LogP contribution in [0.2, 0.25) is 0 Å². The summed E-state index contributed by atoms with van der Waals surface area (Å²) < 4.78 is 15.2. The van der Waals surface area contributed by atoms with Crippen LogP contribution in [-0.4, -0.2) is 33.7 Å². The molecule has 1 aromatic carbocycles. The van der Waals surface area contributed by atoms with Crippen LogP contribution in [0.15, 0.2) is 35.1 Å². The molecule has 2 aromatic heterocycles. The monoisotopic (exact) mass is 373 g/mol. The lowest BCUT2D eigenvalue weighted by atomic mass is 10.1. The molecule has 0 unspecified atom stereocenters. The van der Waals surface area contributed by atoms with E-state index in [4.69, 9.17) is 0 Å². The van der Waals surface area contributed by atoms with Crippen LogP contribution in [0.5, 0.6) is 0 Å². The molecule has 0 radical (unpaired) electrons. The van der Waals surface area contributed by atoms with Crippen molar-refractivity contribution in [2.45, 2.75) is 32.2 Å². The van der Waals surface area contributed by atoms with E-state index in [0.717, 1.165) is 43.2 Å². The van der Waals surface area contributed by atoms with Crippen molar-refractivity contribution in [1.29, 1.82) is 0 Å². The number of nitrogens with one attached hydrogen (secondary N) is 1. The molecule has 1 saturated heterocycles. The number of anilines is 2. The number of aryl methyl sites for hydroxylation is 1. The summed E-state index contributed by atoms with van der Waals surface area (Å²) in [6.45, 7) is 3.59. The van der Waals surface area contributed by atoms with Gasteiger partial charge >= 0.3 is 0 Å². The number of para-hydroxylation sites is 1. The smallest absolute Gasteiger partial charge is 0.275 e. The molecule has 26 heavy (non-hydrogen) atoms. The van der Waals surface area contributed by atoms with E-state index in [2.05, 4.69) is 20.3 Å². The molecule has 0 atom stereocenters. The summed E-state index contributed by atoms with van der Waals surface area (Å²) in [4.78, 5) is 19.4. The minimum absolute atomic E-state index is 0.134. The number of hydrogen-bond donors (Lipinski definition) is 1. The van der Waals surface area contributed by atoms with Crippen LogP contribution in [0.1, 0.15) is 25.5 Å². The number of hydrogen-bond acceptors (Lipinski definition) is 6. The van der Waals surface area contributed by atoms with Crippen LogP contribution in [0, 0.1) is 5.82 Å². The second kappa shape index (κ2) is 7.03. The number of nitrogens with zero attached hydrogens (tertiary/aromatic N) is 4. The highest BCUT2D eigenvalue weighted by molar-refractivity contribution is 7.20. The first-order valence-electron chi connectivity index (χ1n) is 8.80. The Labute approximate surface area is 154 Å². The molecule has 3 heterocycles. The molecule has 3 aromatic rings. The molecule has 4 rings (SSSR count). The van der Waals surface area contributed by atoms with Gasteiger partial charge in [0.1, 0.15) is 5.82 Å². The Morgan fingerprint density at radius 2 is 2.08 bits per heavy atom. The van der Waals surface area contributed by atoms with Crippen molar-refractivity contribution in [2.24, 2.45) is 0 Å². The maximum Gasteiger partial charge on any atom is 0.275 e.